The van der Waals surface area contributed by atoms with Crippen LogP contribution in [0.4, 0.5) is 10.5 Å². The average Bonchev–Trinajstić information content (AvgIpc) is 2.85. The first-order chi connectivity index (χ1) is 16.1. The van der Waals surface area contributed by atoms with E-state index in [-0.39, 0.29) is 11.9 Å². The average molecular weight is 435 g/mol. The van der Waals surface area contributed by atoms with Crippen LogP contribution in [0.5, 0.6) is 0 Å². The molecule has 0 aliphatic rings. The molecular formula is C30H30N2O. The molecule has 166 valence electrons. The summed E-state index contributed by atoms with van der Waals surface area (Å²) in [6, 6.07) is 37.0. The number of benzene rings is 4. The topological polar surface area (TPSA) is 32.3 Å². The number of carbonyl (C=O) groups is 1. The van der Waals surface area contributed by atoms with Crippen LogP contribution in [-0.2, 0) is 6.54 Å². The lowest BCUT2D eigenvalue weighted by molar-refractivity contribution is 0.207. The number of nitrogens with one attached hydrogen (secondary N) is 1. The van der Waals surface area contributed by atoms with Crippen molar-refractivity contribution >= 4 is 11.7 Å². The Kier molecular flexibility index (Phi) is 7.21. The Labute approximate surface area is 196 Å². The summed E-state index contributed by atoms with van der Waals surface area (Å²) < 4.78 is 0. The van der Waals surface area contributed by atoms with Gasteiger partial charge in [-0.2, -0.15) is 0 Å². The molecule has 0 saturated heterocycles. The van der Waals surface area contributed by atoms with Crippen LogP contribution in [0.1, 0.15) is 33.7 Å². The summed E-state index contributed by atoms with van der Waals surface area (Å²) >= 11 is 0. The van der Waals surface area contributed by atoms with Gasteiger partial charge in [-0.25, -0.2) is 4.79 Å². The van der Waals surface area contributed by atoms with E-state index in [1.165, 1.54) is 11.1 Å². The summed E-state index contributed by atoms with van der Waals surface area (Å²) in [6.07, 6.45) is 0. The number of urea groups is 1. The fraction of sp³-hybridized carbons (Fsp3) is 0.167. The maximum atomic E-state index is 13.6. The highest BCUT2D eigenvalue weighted by molar-refractivity contribution is 5.91. The van der Waals surface area contributed by atoms with E-state index in [1.54, 1.807) is 0 Å². The zero-order chi connectivity index (χ0) is 23.0. The van der Waals surface area contributed by atoms with Gasteiger partial charge in [-0.3, -0.25) is 0 Å². The number of hydrogen-bond acceptors (Lipinski definition) is 1. The number of nitrogens with zero attached hydrogens (tertiary/aromatic N) is 1. The highest BCUT2D eigenvalue weighted by Crippen LogP contribution is 2.27. The highest BCUT2D eigenvalue weighted by Gasteiger charge is 2.23. The maximum Gasteiger partial charge on any atom is 0.322 e. The zero-order valence-electron chi connectivity index (χ0n) is 19.2. The molecule has 4 rings (SSSR count). The fourth-order valence-corrected chi connectivity index (χ4v) is 4.22. The summed E-state index contributed by atoms with van der Waals surface area (Å²) in [5.74, 6) is 0.0693. The van der Waals surface area contributed by atoms with Gasteiger partial charge in [-0.05, 0) is 41.7 Å². The monoisotopic (exact) mass is 434 g/mol. The number of para-hydroxylation sites is 1. The molecule has 0 radical (unpaired) electrons. The Bertz CT molecular complexity index is 1110. The molecule has 4 aromatic carbocycles. The van der Waals surface area contributed by atoms with Gasteiger partial charge in [0, 0.05) is 24.7 Å². The smallest absolute Gasteiger partial charge is 0.319 e. The van der Waals surface area contributed by atoms with E-state index in [4.69, 9.17) is 0 Å². The van der Waals surface area contributed by atoms with Crippen LogP contribution in [0.25, 0.3) is 0 Å². The van der Waals surface area contributed by atoms with Crippen molar-refractivity contribution in [1.82, 2.24) is 4.90 Å². The van der Waals surface area contributed by atoms with Crippen molar-refractivity contribution in [2.75, 3.05) is 11.9 Å². The van der Waals surface area contributed by atoms with Crippen LogP contribution in [0.2, 0.25) is 0 Å². The first-order valence-corrected chi connectivity index (χ1v) is 11.4. The lowest BCUT2D eigenvalue weighted by Crippen LogP contribution is -2.38. The minimum absolute atomic E-state index is 0.0693. The van der Waals surface area contributed by atoms with Gasteiger partial charge in [-0.1, -0.05) is 109 Å². The first-order valence-electron chi connectivity index (χ1n) is 11.4. The minimum Gasteiger partial charge on any atom is -0.319 e. The third-order valence-electron chi connectivity index (χ3n) is 6.02. The SMILES string of the molecule is Cc1cccc(C)c1NC(=O)N(Cc1ccccc1)CC(c1ccccc1)c1ccccc1. The molecule has 2 amide bonds. The van der Waals surface area contributed by atoms with E-state index >= 15 is 0 Å². The van der Waals surface area contributed by atoms with Gasteiger partial charge in [0.1, 0.15) is 0 Å². The Balaban J connectivity index is 1.67. The molecule has 0 aliphatic heterocycles. The molecule has 0 atom stereocenters. The Morgan fingerprint density at radius 1 is 0.697 bits per heavy atom. The maximum absolute atomic E-state index is 13.6. The Morgan fingerprint density at radius 3 is 1.70 bits per heavy atom. The molecule has 0 unspecified atom stereocenters. The molecule has 33 heavy (non-hydrogen) atoms. The van der Waals surface area contributed by atoms with Crippen LogP contribution in [0.15, 0.2) is 109 Å². The molecule has 3 heteroatoms. The molecule has 3 nitrogen and oxygen atoms in total. The second-order valence-corrected chi connectivity index (χ2v) is 8.44. The number of amides is 2. The quantitative estimate of drug-likeness (QED) is 0.328. The van der Waals surface area contributed by atoms with E-state index < -0.39 is 0 Å². The number of anilines is 1. The Morgan fingerprint density at radius 2 is 1.18 bits per heavy atom. The minimum atomic E-state index is -0.0897. The van der Waals surface area contributed by atoms with Gasteiger partial charge in [0.25, 0.3) is 0 Å². The summed E-state index contributed by atoms with van der Waals surface area (Å²) in [7, 11) is 0. The Hall–Kier alpha value is -3.85. The molecule has 0 aromatic heterocycles. The van der Waals surface area contributed by atoms with Crippen LogP contribution >= 0.6 is 0 Å². The van der Waals surface area contributed by atoms with E-state index in [1.807, 2.05) is 67.3 Å². The predicted molar refractivity (Wildman–Crippen MR) is 137 cm³/mol. The van der Waals surface area contributed by atoms with Crippen molar-refractivity contribution < 1.29 is 4.79 Å². The predicted octanol–water partition coefficient (Wildman–Crippen LogP) is 7.17. The standard InChI is InChI=1S/C30H30N2O/c1-23-13-12-14-24(2)29(23)31-30(33)32(21-25-15-6-3-7-16-25)22-28(26-17-8-4-9-18-26)27-19-10-5-11-20-27/h3-20,28H,21-22H2,1-2H3,(H,31,33). The van der Waals surface area contributed by atoms with Crippen LogP contribution in [0.3, 0.4) is 0 Å². The first kappa shape index (κ1) is 22.3. The molecule has 0 saturated carbocycles. The van der Waals surface area contributed by atoms with Gasteiger partial charge < -0.3 is 10.2 Å². The van der Waals surface area contributed by atoms with Gasteiger partial charge in [0.15, 0.2) is 0 Å². The number of aryl methyl sites for hydroxylation is 2. The lowest BCUT2D eigenvalue weighted by atomic mass is 9.90. The van der Waals surface area contributed by atoms with Gasteiger partial charge in [-0.15, -0.1) is 0 Å². The number of rotatable bonds is 7. The summed E-state index contributed by atoms with van der Waals surface area (Å²) in [5, 5.41) is 3.19. The fourth-order valence-electron chi connectivity index (χ4n) is 4.22. The zero-order valence-corrected chi connectivity index (χ0v) is 19.2. The molecule has 0 aliphatic carbocycles. The second-order valence-electron chi connectivity index (χ2n) is 8.44. The largest absolute Gasteiger partial charge is 0.322 e. The molecule has 0 bridgehead atoms. The molecule has 0 spiro atoms. The lowest BCUT2D eigenvalue weighted by Gasteiger charge is -2.29. The van der Waals surface area contributed by atoms with Crippen molar-refractivity contribution in [2.45, 2.75) is 26.3 Å². The van der Waals surface area contributed by atoms with Crippen LogP contribution in [-0.4, -0.2) is 17.5 Å². The molecule has 1 N–H and O–H groups in total. The van der Waals surface area contributed by atoms with E-state index in [0.29, 0.717) is 13.1 Å². The highest BCUT2D eigenvalue weighted by atomic mass is 16.2. The molecule has 0 fully saturated rings. The van der Waals surface area contributed by atoms with Crippen molar-refractivity contribution in [2.24, 2.45) is 0 Å². The van der Waals surface area contributed by atoms with Crippen molar-refractivity contribution in [3.05, 3.63) is 137 Å². The molecule has 4 aromatic rings. The summed E-state index contributed by atoms with van der Waals surface area (Å²) in [5.41, 5.74) is 6.50. The molecular weight excluding hydrogens is 404 g/mol. The molecule has 0 heterocycles. The van der Waals surface area contributed by atoms with E-state index in [0.717, 1.165) is 22.4 Å². The normalized spacial score (nSPS) is 10.8. The number of hydrogen-bond donors (Lipinski definition) is 1. The van der Waals surface area contributed by atoms with Crippen LogP contribution in [0, 0.1) is 13.8 Å². The second kappa shape index (κ2) is 10.6. The van der Waals surface area contributed by atoms with Crippen molar-refractivity contribution in [3.8, 4) is 0 Å². The van der Waals surface area contributed by atoms with E-state index in [2.05, 4.69) is 66.0 Å². The van der Waals surface area contributed by atoms with Crippen molar-refractivity contribution in [1.29, 1.82) is 0 Å². The third-order valence-corrected chi connectivity index (χ3v) is 6.02. The van der Waals surface area contributed by atoms with Gasteiger partial charge in [0.2, 0.25) is 0 Å². The van der Waals surface area contributed by atoms with Gasteiger partial charge in [0.05, 0.1) is 0 Å². The van der Waals surface area contributed by atoms with Crippen LogP contribution < -0.4 is 5.32 Å². The number of carbonyl (C=O) groups excluding carboxylic acids is 1. The summed E-state index contributed by atoms with van der Waals surface area (Å²) in [6.45, 7) is 5.16. The summed E-state index contributed by atoms with van der Waals surface area (Å²) in [4.78, 5) is 15.6. The third kappa shape index (κ3) is 5.69. The van der Waals surface area contributed by atoms with E-state index in [9.17, 15) is 4.79 Å². The van der Waals surface area contributed by atoms with Gasteiger partial charge >= 0.3 is 6.03 Å². The van der Waals surface area contributed by atoms with Crippen molar-refractivity contribution in [3.63, 3.8) is 0 Å².